The molecule has 0 aliphatic carbocycles. The van der Waals surface area contributed by atoms with E-state index in [-0.39, 0.29) is 19.6 Å². The van der Waals surface area contributed by atoms with Crippen LogP contribution in [-0.2, 0) is 30.2 Å². The number of hydrogen-bond acceptors (Lipinski definition) is 6. The summed E-state index contributed by atoms with van der Waals surface area (Å²) >= 11 is 0. The van der Waals surface area contributed by atoms with Crippen LogP contribution in [0.15, 0.2) is 24.3 Å². The number of rotatable bonds is 7. The van der Waals surface area contributed by atoms with Crippen molar-refractivity contribution in [2.24, 2.45) is 5.41 Å². The molecule has 6 heteroatoms. The fourth-order valence-corrected chi connectivity index (χ4v) is 2.09. The molecule has 0 aliphatic heterocycles. The number of benzene rings is 1. The van der Waals surface area contributed by atoms with E-state index < -0.39 is 23.3 Å². The second-order valence-electron chi connectivity index (χ2n) is 5.14. The summed E-state index contributed by atoms with van der Waals surface area (Å²) in [5.74, 6) is -1.71. The lowest BCUT2D eigenvalue weighted by Crippen LogP contribution is -2.41. The Labute approximate surface area is 135 Å². The van der Waals surface area contributed by atoms with Crippen LogP contribution in [0.3, 0.4) is 0 Å². The highest BCUT2D eigenvalue weighted by atomic mass is 16.6. The first kappa shape index (κ1) is 18.7. The maximum Gasteiger partial charge on any atom is 0.337 e. The summed E-state index contributed by atoms with van der Waals surface area (Å²) in [6.45, 7) is 5.20. The molecule has 23 heavy (non-hydrogen) atoms. The summed E-state index contributed by atoms with van der Waals surface area (Å²) in [5.41, 5.74) is -0.329. The van der Waals surface area contributed by atoms with Crippen molar-refractivity contribution in [2.45, 2.75) is 27.2 Å². The van der Waals surface area contributed by atoms with Gasteiger partial charge in [-0.1, -0.05) is 12.1 Å². The van der Waals surface area contributed by atoms with Gasteiger partial charge in [0, 0.05) is 0 Å². The minimum atomic E-state index is -1.43. The highest BCUT2D eigenvalue weighted by Crippen LogP contribution is 2.27. The van der Waals surface area contributed by atoms with Gasteiger partial charge in [0.15, 0.2) is 5.41 Å². The zero-order valence-electron chi connectivity index (χ0n) is 13.9. The molecule has 0 saturated heterocycles. The number of carbonyl (C=O) groups excluding carboxylic acids is 3. The van der Waals surface area contributed by atoms with E-state index in [1.807, 2.05) is 0 Å². The van der Waals surface area contributed by atoms with Crippen molar-refractivity contribution in [1.82, 2.24) is 0 Å². The van der Waals surface area contributed by atoms with Crippen LogP contribution in [0, 0.1) is 5.41 Å². The highest BCUT2D eigenvalue weighted by Gasteiger charge is 2.44. The predicted molar refractivity (Wildman–Crippen MR) is 82.9 cm³/mol. The van der Waals surface area contributed by atoms with Gasteiger partial charge in [-0.15, -0.1) is 0 Å². The third kappa shape index (κ3) is 4.55. The van der Waals surface area contributed by atoms with E-state index in [1.54, 1.807) is 38.1 Å². The molecule has 1 aromatic carbocycles. The molecule has 6 nitrogen and oxygen atoms in total. The Morgan fingerprint density at radius 1 is 0.957 bits per heavy atom. The summed E-state index contributed by atoms with van der Waals surface area (Å²) in [5, 5.41) is 0. The van der Waals surface area contributed by atoms with Crippen LogP contribution in [0.5, 0.6) is 0 Å². The molecule has 0 atom stereocenters. The topological polar surface area (TPSA) is 78.9 Å². The lowest BCUT2D eigenvalue weighted by atomic mass is 9.83. The Kier molecular flexibility index (Phi) is 6.75. The molecule has 0 spiro atoms. The Morgan fingerprint density at radius 2 is 1.43 bits per heavy atom. The van der Waals surface area contributed by atoms with E-state index in [0.29, 0.717) is 11.1 Å². The van der Waals surface area contributed by atoms with Gasteiger partial charge in [-0.25, -0.2) is 4.79 Å². The molecule has 0 fully saturated rings. The zero-order valence-corrected chi connectivity index (χ0v) is 13.9. The van der Waals surface area contributed by atoms with Gasteiger partial charge in [0.25, 0.3) is 0 Å². The number of methoxy groups -OCH3 is 1. The van der Waals surface area contributed by atoms with E-state index in [2.05, 4.69) is 4.74 Å². The Bertz CT molecular complexity index is 543. The van der Waals surface area contributed by atoms with E-state index in [4.69, 9.17) is 9.47 Å². The van der Waals surface area contributed by atoms with E-state index in [0.717, 1.165) is 0 Å². The molecule has 0 aliphatic rings. The number of hydrogen-bond donors (Lipinski definition) is 0. The van der Waals surface area contributed by atoms with Crippen molar-refractivity contribution >= 4 is 17.9 Å². The van der Waals surface area contributed by atoms with Gasteiger partial charge in [0.2, 0.25) is 0 Å². The van der Waals surface area contributed by atoms with Crippen molar-refractivity contribution in [2.75, 3.05) is 20.3 Å². The standard InChI is InChI=1S/C17H22O6/c1-5-22-15(19)17(3,16(20)23-6-2)11-12-7-9-13(10-8-12)14(18)21-4/h7-10H,5-6,11H2,1-4H3. The first-order chi connectivity index (χ1) is 10.9. The molecule has 126 valence electrons. The molecule has 0 amide bonds. The van der Waals surface area contributed by atoms with E-state index in [9.17, 15) is 14.4 Å². The van der Waals surface area contributed by atoms with Crippen LogP contribution in [0.4, 0.5) is 0 Å². The molecule has 0 heterocycles. The van der Waals surface area contributed by atoms with Crippen molar-refractivity contribution in [3.63, 3.8) is 0 Å². The minimum Gasteiger partial charge on any atom is -0.465 e. The van der Waals surface area contributed by atoms with Crippen LogP contribution in [0.1, 0.15) is 36.7 Å². The predicted octanol–water partition coefficient (Wildman–Crippen LogP) is 2.15. The third-order valence-corrected chi connectivity index (χ3v) is 3.38. The number of ether oxygens (including phenoxy) is 3. The molecule has 0 saturated carbocycles. The van der Waals surface area contributed by atoms with Crippen molar-refractivity contribution < 1.29 is 28.6 Å². The minimum absolute atomic E-state index is 0.117. The smallest absolute Gasteiger partial charge is 0.337 e. The quantitative estimate of drug-likeness (QED) is 0.435. The number of esters is 3. The van der Waals surface area contributed by atoms with Gasteiger partial charge in [0.05, 0.1) is 25.9 Å². The SMILES string of the molecule is CCOC(=O)C(C)(Cc1ccc(C(=O)OC)cc1)C(=O)OCC. The maximum atomic E-state index is 12.2. The summed E-state index contributed by atoms with van der Waals surface area (Å²) in [6.07, 6.45) is 0.117. The highest BCUT2D eigenvalue weighted by molar-refractivity contribution is 6.00. The number of carbonyl (C=O) groups is 3. The molecular weight excluding hydrogens is 300 g/mol. The zero-order chi connectivity index (χ0) is 17.5. The average molecular weight is 322 g/mol. The molecular formula is C17H22O6. The summed E-state index contributed by atoms with van der Waals surface area (Å²) in [7, 11) is 1.30. The molecule has 1 aromatic rings. The van der Waals surface area contributed by atoms with E-state index in [1.165, 1.54) is 14.0 Å². The van der Waals surface area contributed by atoms with Gasteiger partial charge in [-0.3, -0.25) is 9.59 Å². The fraction of sp³-hybridized carbons (Fsp3) is 0.471. The van der Waals surface area contributed by atoms with Crippen LogP contribution in [0.2, 0.25) is 0 Å². The lowest BCUT2D eigenvalue weighted by Gasteiger charge is -2.25. The summed E-state index contributed by atoms with van der Waals surface area (Å²) < 4.78 is 14.7. The monoisotopic (exact) mass is 322 g/mol. The second-order valence-corrected chi connectivity index (χ2v) is 5.14. The van der Waals surface area contributed by atoms with E-state index >= 15 is 0 Å². The first-order valence-electron chi connectivity index (χ1n) is 7.40. The Balaban J connectivity index is 3.03. The second kappa shape index (κ2) is 8.31. The Hall–Kier alpha value is -2.37. The van der Waals surface area contributed by atoms with Gasteiger partial charge < -0.3 is 14.2 Å². The van der Waals surface area contributed by atoms with Crippen LogP contribution < -0.4 is 0 Å². The molecule has 0 aromatic heterocycles. The Morgan fingerprint density at radius 3 is 1.83 bits per heavy atom. The van der Waals surface area contributed by atoms with Crippen LogP contribution in [0.25, 0.3) is 0 Å². The van der Waals surface area contributed by atoms with Crippen LogP contribution in [-0.4, -0.2) is 38.2 Å². The van der Waals surface area contributed by atoms with Gasteiger partial charge >= 0.3 is 17.9 Å². The summed E-state index contributed by atoms with van der Waals surface area (Å²) in [4.78, 5) is 35.8. The lowest BCUT2D eigenvalue weighted by molar-refractivity contribution is -0.170. The van der Waals surface area contributed by atoms with Gasteiger partial charge in [-0.2, -0.15) is 0 Å². The van der Waals surface area contributed by atoms with Gasteiger partial charge in [-0.05, 0) is 44.9 Å². The molecule has 0 radical (unpaired) electrons. The molecule has 0 bridgehead atoms. The molecule has 1 rings (SSSR count). The largest absolute Gasteiger partial charge is 0.465 e. The summed E-state index contributed by atoms with van der Waals surface area (Å²) in [6, 6.07) is 6.50. The third-order valence-electron chi connectivity index (χ3n) is 3.38. The van der Waals surface area contributed by atoms with Gasteiger partial charge in [0.1, 0.15) is 0 Å². The maximum absolute atomic E-state index is 12.2. The van der Waals surface area contributed by atoms with Crippen molar-refractivity contribution in [3.05, 3.63) is 35.4 Å². The fourth-order valence-electron chi connectivity index (χ4n) is 2.09. The normalized spacial score (nSPS) is 10.8. The van der Waals surface area contributed by atoms with Crippen molar-refractivity contribution in [3.8, 4) is 0 Å². The first-order valence-corrected chi connectivity index (χ1v) is 7.40. The molecule has 0 unspecified atom stereocenters. The van der Waals surface area contributed by atoms with Crippen molar-refractivity contribution in [1.29, 1.82) is 0 Å². The van der Waals surface area contributed by atoms with Crippen LogP contribution >= 0.6 is 0 Å². The molecule has 0 N–H and O–H groups in total. The average Bonchev–Trinajstić information content (AvgIpc) is 2.55.